The van der Waals surface area contributed by atoms with Crippen molar-refractivity contribution in [2.24, 2.45) is 17.8 Å². The molecule has 4 rings (SSSR count). The van der Waals surface area contributed by atoms with Crippen molar-refractivity contribution in [3.63, 3.8) is 0 Å². The maximum atomic E-state index is 12.9. The van der Waals surface area contributed by atoms with E-state index >= 15 is 0 Å². The highest BCUT2D eigenvalue weighted by Crippen LogP contribution is 2.57. The topological polar surface area (TPSA) is 97.8 Å². The van der Waals surface area contributed by atoms with E-state index in [-0.39, 0.29) is 59.0 Å². The van der Waals surface area contributed by atoms with Crippen LogP contribution in [0.25, 0.3) is 0 Å². The lowest BCUT2D eigenvalue weighted by Crippen LogP contribution is -2.45. The number of amides is 1. The molecule has 2 aromatic rings. The minimum absolute atomic E-state index is 0.0247. The van der Waals surface area contributed by atoms with Gasteiger partial charge in [0.2, 0.25) is 0 Å². The van der Waals surface area contributed by atoms with Gasteiger partial charge in [-0.25, -0.2) is 4.98 Å². The Morgan fingerprint density at radius 1 is 1.16 bits per heavy atom. The molecule has 0 radical (unpaired) electrons. The maximum absolute atomic E-state index is 12.9. The molecule has 1 aromatic carbocycles. The Kier molecular flexibility index (Phi) is 5.85. The van der Waals surface area contributed by atoms with Gasteiger partial charge in [0.05, 0.1) is 19.1 Å². The van der Waals surface area contributed by atoms with Crippen LogP contribution in [0.4, 0.5) is 0 Å². The number of benzene rings is 1. The second-order valence-corrected chi connectivity index (χ2v) is 8.63. The molecule has 0 spiro atoms. The van der Waals surface area contributed by atoms with Crippen LogP contribution in [0, 0.1) is 17.8 Å². The molecule has 1 heterocycles. The lowest BCUT2D eigenvalue weighted by Gasteiger charge is -2.35. The van der Waals surface area contributed by atoms with Gasteiger partial charge in [0.15, 0.2) is 17.2 Å². The number of pyridine rings is 1. The zero-order valence-electron chi connectivity index (χ0n) is 17.9. The maximum Gasteiger partial charge on any atom is 0.310 e. The Morgan fingerprint density at radius 3 is 2.58 bits per heavy atom. The summed E-state index contributed by atoms with van der Waals surface area (Å²) >= 11 is 0. The lowest BCUT2D eigenvalue weighted by atomic mass is 9.73. The van der Waals surface area contributed by atoms with Crippen molar-refractivity contribution < 1.29 is 24.2 Å². The largest absolute Gasteiger partial charge is 0.503 e. The molecule has 0 aliphatic heterocycles. The number of hydrogen-bond donors (Lipinski definition) is 2. The molecule has 0 saturated heterocycles. The highest BCUT2D eigenvalue weighted by Gasteiger charge is 2.56. The van der Waals surface area contributed by atoms with Gasteiger partial charge in [0, 0.05) is 24.2 Å². The third-order valence-electron chi connectivity index (χ3n) is 6.45. The molecule has 5 unspecified atom stereocenters. The van der Waals surface area contributed by atoms with Crippen LogP contribution in [0.15, 0.2) is 42.6 Å². The van der Waals surface area contributed by atoms with E-state index < -0.39 is 5.91 Å². The van der Waals surface area contributed by atoms with E-state index in [9.17, 15) is 14.7 Å². The molecule has 7 heteroatoms. The van der Waals surface area contributed by atoms with Gasteiger partial charge in [0.25, 0.3) is 5.91 Å². The molecule has 164 valence electrons. The van der Waals surface area contributed by atoms with E-state index in [1.807, 2.05) is 44.2 Å². The summed E-state index contributed by atoms with van der Waals surface area (Å²) in [6.45, 7) is 3.72. The third-order valence-corrected chi connectivity index (χ3v) is 6.45. The summed E-state index contributed by atoms with van der Waals surface area (Å²) in [6, 6.07) is 11.4. The minimum Gasteiger partial charge on any atom is -0.503 e. The number of carbonyl (C=O) groups is 2. The van der Waals surface area contributed by atoms with Crippen LogP contribution in [0.2, 0.25) is 0 Å². The number of rotatable bonds is 6. The van der Waals surface area contributed by atoms with E-state index in [1.165, 1.54) is 19.4 Å². The number of hydrogen-bond acceptors (Lipinski definition) is 6. The van der Waals surface area contributed by atoms with Gasteiger partial charge in [-0.3, -0.25) is 9.59 Å². The third kappa shape index (κ3) is 3.96. The van der Waals surface area contributed by atoms with Gasteiger partial charge in [-0.2, -0.15) is 0 Å². The van der Waals surface area contributed by atoms with Gasteiger partial charge in [-0.1, -0.05) is 30.3 Å². The molecule has 31 heavy (non-hydrogen) atoms. The van der Waals surface area contributed by atoms with Crippen molar-refractivity contribution in [1.82, 2.24) is 10.3 Å². The monoisotopic (exact) mass is 424 g/mol. The first-order valence-corrected chi connectivity index (χ1v) is 10.7. The summed E-state index contributed by atoms with van der Waals surface area (Å²) in [5.74, 6) is -0.673. The van der Waals surface area contributed by atoms with Crippen molar-refractivity contribution in [3.8, 4) is 11.5 Å². The summed E-state index contributed by atoms with van der Waals surface area (Å²) < 4.78 is 10.7. The number of fused-ring (bicyclic) bond motifs is 2. The summed E-state index contributed by atoms with van der Waals surface area (Å²) in [5, 5.41) is 13.3. The number of aromatic hydroxyl groups is 1. The molecule has 2 fully saturated rings. The summed E-state index contributed by atoms with van der Waals surface area (Å²) in [6.07, 6.45) is 2.81. The highest BCUT2D eigenvalue weighted by atomic mass is 16.5. The first-order valence-electron chi connectivity index (χ1n) is 10.7. The van der Waals surface area contributed by atoms with E-state index in [1.54, 1.807) is 0 Å². The molecule has 7 nitrogen and oxygen atoms in total. The van der Waals surface area contributed by atoms with E-state index in [0.717, 1.165) is 12.0 Å². The highest BCUT2D eigenvalue weighted by molar-refractivity contribution is 5.95. The summed E-state index contributed by atoms with van der Waals surface area (Å²) in [4.78, 5) is 29.8. The zero-order chi connectivity index (χ0) is 22.1. The number of carbonyl (C=O) groups excluding carboxylic acids is 2. The number of ether oxygens (including phenoxy) is 2. The molecular formula is C24H28N2O5. The minimum atomic E-state index is -0.443. The standard InChI is InChI=1S/C24H28N2O5/c1-13(2)31-24(29)20-15-11-16(19(20)14-7-5-4-6-8-14)17(12-15)26-23(28)21-22(27)18(30-3)9-10-25-21/h4-10,13,15-17,19-20,27H,11-12H2,1-3H3,(H,26,28). The molecule has 2 N–H and O–H groups in total. The fourth-order valence-corrected chi connectivity index (χ4v) is 5.31. The normalized spacial score (nSPS) is 26.6. The van der Waals surface area contributed by atoms with Crippen LogP contribution in [0.1, 0.15) is 48.7 Å². The number of esters is 1. The fourth-order valence-electron chi connectivity index (χ4n) is 5.31. The first kappa shape index (κ1) is 21.2. The van der Waals surface area contributed by atoms with Gasteiger partial charge < -0.3 is 19.9 Å². The van der Waals surface area contributed by atoms with E-state index in [0.29, 0.717) is 6.42 Å². The van der Waals surface area contributed by atoms with Crippen LogP contribution >= 0.6 is 0 Å². The van der Waals surface area contributed by atoms with Crippen LogP contribution < -0.4 is 10.1 Å². The Balaban J connectivity index is 1.58. The smallest absolute Gasteiger partial charge is 0.310 e. The number of nitrogens with zero attached hydrogens (tertiary/aromatic N) is 1. The van der Waals surface area contributed by atoms with Crippen LogP contribution in [-0.4, -0.2) is 41.2 Å². The van der Waals surface area contributed by atoms with E-state index in [2.05, 4.69) is 10.3 Å². The molecular weight excluding hydrogens is 396 g/mol. The summed E-state index contributed by atoms with van der Waals surface area (Å²) in [5.41, 5.74) is 1.02. The average Bonchev–Trinajstić information content (AvgIpc) is 3.32. The van der Waals surface area contributed by atoms with Crippen molar-refractivity contribution in [3.05, 3.63) is 53.9 Å². The Hall–Kier alpha value is -3.09. The second kappa shape index (κ2) is 8.57. The fraction of sp³-hybridized carbons (Fsp3) is 0.458. The molecule has 5 atom stereocenters. The predicted molar refractivity (Wildman–Crippen MR) is 114 cm³/mol. The van der Waals surface area contributed by atoms with Crippen LogP contribution in [-0.2, 0) is 9.53 Å². The van der Waals surface area contributed by atoms with Crippen LogP contribution in [0.3, 0.4) is 0 Å². The van der Waals surface area contributed by atoms with Crippen molar-refractivity contribution >= 4 is 11.9 Å². The number of methoxy groups -OCH3 is 1. The van der Waals surface area contributed by atoms with Gasteiger partial charge in [-0.15, -0.1) is 0 Å². The SMILES string of the molecule is COc1ccnc(C(=O)NC2CC3CC2C(c2ccccc2)C3C(=O)OC(C)C)c1O. The van der Waals surface area contributed by atoms with Crippen molar-refractivity contribution in [1.29, 1.82) is 0 Å². The van der Waals surface area contributed by atoms with Gasteiger partial charge >= 0.3 is 5.97 Å². The van der Waals surface area contributed by atoms with Gasteiger partial charge in [-0.05, 0) is 44.1 Å². The van der Waals surface area contributed by atoms with Gasteiger partial charge in [0.1, 0.15) is 0 Å². The second-order valence-electron chi connectivity index (χ2n) is 8.63. The molecule has 2 aliphatic carbocycles. The molecule has 1 aromatic heterocycles. The average molecular weight is 424 g/mol. The van der Waals surface area contributed by atoms with Crippen molar-refractivity contribution in [2.75, 3.05) is 7.11 Å². The lowest BCUT2D eigenvalue weighted by molar-refractivity contribution is -0.155. The molecule has 2 aliphatic rings. The van der Waals surface area contributed by atoms with Crippen molar-refractivity contribution in [2.45, 2.75) is 44.8 Å². The number of nitrogens with one attached hydrogen (secondary N) is 1. The van der Waals surface area contributed by atoms with E-state index in [4.69, 9.17) is 9.47 Å². The Bertz CT molecular complexity index is 962. The van der Waals surface area contributed by atoms with Crippen LogP contribution in [0.5, 0.6) is 11.5 Å². The first-order chi connectivity index (χ1) is 14.9. The Labute approximate surface area is 181 Å². The quantitative estimate of drug-likeness (QED) is 0.691. The Morgan fingerprint density at radius 2 is 1.90 bits per heavy atom. The molecule has 2 bridgehead atoms. The number of aromatic nitrogens is 1. The summed E-state index contributed by atoms with van der Waals surface area (Å²) in [7, 11) is 1.42. The predicted octanol–water partition coefficient (Wildman–Crippen LogP) is 3.29. The molecule has 2 saturated carbocycles. The molecule has 1 amide bonds. The zero-order valence-corrected chi connectivity index (χ0v) is 17.9.